The van der Waals surface area contributed by atoms with Gasteiger partial charge in [-0.3, -0.25) is 4.57 Å². The van der Waals surface area contributed by atoms with Crippen molar-refractivity contribution in [1.82, 2.24) is 0 Å². The monoisotopic (exact) mass is 138 g/mol. The maximum absolute atomic E-state index is 10.3. The van der Waals surface area contributed by atoms with Gasteiger partial charge >= 0.3 is 0 Å². The molecule has 1 aliphatic heterocycles. The molecule has 0 unspecified atom stereocenters. The third-order valence-electron chi connectivity index (χ3n) is 1.23. The van der Waals surface area contributed by atoms with Crippen LogP contribution in [0.5, 0.6) is 11.5 Å². The highest BCUT2D eigenvalue weighted by Gasteiger charge is 2.23. The Labute approximate surface area is 53.7 Å². The standard InChI is InChI=1S/C6H3O2P/c7-9-5-3-1-2-4-6(5)8-4/h1-3H. The molecule has 0 aliphatic carbocycles. The number of hydrogen-bond donors (Lipinski definition) is 0. The molecule has 9 heavy (non-hydrogen) atoms. The van der Waals surface area contributed by atoms with Crippen LogP contribution in [0, 0.1) is 0 Å². The van der Waals surface area contributed by atoms with Gasteiger partial charge in [0, 0.05) is 0 Å². The highest BCUT2D eigenvalue weighted by molar-refractivity contribution is 7.34. The van der Waals surface area contributed by atoms with Crippen molar-refractivity contribution in [3.8, 4) is 11.5 Å². The summed E-state index contributed by atoms with van der Waals surface area (Å²) in [5.41, 5.74) is 0. The van der Waals surface area contributed by atoms with Gasteiger partial charge in [0.1, 0.15) is 0 Å². The summed E-state index contributed by atoms with van der Waals surface area (Å²) in [5, 5.41) is 0.743. The van der Waals surface area contributed by atoms with Gasteiger partial charge < -0.3 is 4.74 Å². The van der Waals surface area contributed by atoms with Gasteiger partial charge in [0.05, 0.1) is 5.30 Å². The van der Waals surface area contributed by atoms with E-state index in [1.807, 2.05) is 12.1 Å². The lowest BCUT2D eigenvalue weighted by atomic mass is 10.4. The average Bonchev–Trinajstić information content (AvgIpc) is 2.64. The van der Waals surface area contributed by atoms with Gasteiger partial charge in [0.15, 0.2) is 20.0 Å². The Bertz CT molecular complexity index is 270. The van der Waals surface area contributed by atoms with Gasteiger partial charge in [-0.15, -0.1) is 0 Å². The van der Waals surface area contributed by atoms with E-state index >= 15 is 0 Å². The predicted molar refractivity (Wildman–Crippen MR) is 33.8 cm³/mol. The summed E-state index contributed by atoms with van der Waals surface area (Å²) >= 11 is 0. The molecule has 1 aromatic carbocycles. The lowest BCUT2D eigenvalue weighted by Crippen LogP contribution is -1.81. The van der Waals surface area contributed by atoms with Crippen LogP contribution in [0.1, 0.15) is 0 Å². The van der Waals surface area contributed by atoms with Crippen molar-refractivity contribution in [2.45, 2.75) is 0 Å². The van der Waals surface area contributed by atoms with Crippen molar-refractivity contribution in [2.24, 2.45) is 0 Å². The van der Waals surface area contributed by atoms with Crippen molar-refractivity contribution in [3.63, 3.8) is 0 Å². The molecule has 0 N–H and O–H groups in total. The van der Waals surface area contributed by atoms with Crippen LogP contribution in [0.15, 0.2) is 18.2 Å². The Morgan fingerprint density at radius 1 is 1.44 bits per heavy atom. The quantitative estimate of drug-likeness (QED) is 0.443. The van der Waals surface area contributed by atoms with Crippen molar-refractivity contribution >= 4 is 13.8 Å². The lowest BCUT2D eigenvalue weighted by molar-refractivity contribution is 0.602. The van der Waals surface area contributed by atoms with Gasteiger partial charge in [0.25, 0.3) is 0 Å². The molecule has 1 aromatic rings. The number of fused-ring (bicyclic) bond motifs is 1. The molecular weight excluding hydrogens is 135 g/mol. The molecule has 0 amide bonds. The zero-order valence-electron chi connectivity index (χ0n) is 4.50. The first-order valence-electron chi connectivity index (χ1n) is 2.56. The Morgan fingerprint density at radius 2 is 2.33 bits per heavy atom. The van der Waals surface area contributed by atoms with Crippen molar-refractivity contribution < 1.29 is 9.30 Å². The van der Waals surface area contributed by atoms with Gasteiger partial charge in [-0.05, 0) is 12.1 Å². The van der Waals surface area contributed by atoms with E-state index in [0.29, 0.717) is 0 Å². The summed E-state index contributed by atoms with van der Waals surface area (Å²) in [5.74, 6) is 1.64. The molecule has 0 saturated heterocycles. The first kappa shape index (κ1) is 4.95. The minimum Gasteiger partial charge on any atom is -0.448 e. The van der Waals surface area contributed by atoms with Gasteiger partial charge in [-0.25, -0.2) is 0 Å². The van der Waals surface area contributed by atoms with E-state index in [1.54, 1.807) is 6.07 Å². The van der Waals surface area contributed by atoms with Crippen LogP contribution in [-0.4, -0.2) is 0 Å². The molecule has 44 valence electrons. The zero-order chi connectivity index (χ0) is 6.27. The minimum atomic E-state index is 0.0392. The molecule has 0 saturated carbocycles. The SMILES string of the molecule is O=Pc1cccc2c1O2. The largest absolute Gasteiger partial charge is 0.448 e. The molecule has 0 bridgehead atoms. The Morgan fingerprint density at radius 3 is 3.00 bits per heavy atom. The summed E-state index contributed by atoms with van der Waals surface area (Å²) < 4.78 is 15.2. The second-order valence-corrected chi connectivity index (χ2v) is 2.46. The Kier molecular flexibility index (Phi) is 0.852. The van der Waals surface area contributed by atoms with E-state index in [4.69, 9.17) is 4.74 Å². The number of rotatable bonds is 1. The number of ether oxygens (including phenoxy) is 1. The molecule has 2 nitrogen and oxygen atoms in total. The second kappa shape index (κ2) is 1.55. The molecule has 2 rings (SSSR count). The molecule has 3 heteroatoms. The third-order valence-corrected chi connectivity index (χ3v) is 1.78. The molecular formula is C6H3O2P. The van der Waals surface area contributed by atoms with E-state index in [-0.39, 0.29) is 8.46 Å². The minimum absolute atomic E-state index is 0.0392. The van der Waals surface area contributed by atoms with Crippen LogP contribution in [0.3, 0.4) is 0 Å². The van der Waals surface area contributed by atoms with Crippen molar-refractivity contribution in [1.29, 1.82) is 0 Å². The average molecular weight is 138 g/mol. The normalized spacial score (nSPS) is 12.4. The summed E-state index contributed by atoms with van der Waals surface area (Å²) in [6.45, 7) is 0. The van der Waals surface area contributed by atoms with Gasteiger partial charge in [-0.1, -0.05) is 6.07 Å². The number of hydrogen-bond acceptors (Lipinski definition) is 2. The smallest absolute Gasteiger partial charge is 0.196 e. The molecule has 0 radical (unpaired) electrons. The van der Waals surface area contributed by atoms with Crippen molar-refractivity contribution in [2.75, 3.05) is 0 Å². The first-order chi connectivity index (χ1) is 4.42. The zero-order valence-corrected chi connectivity index (χ0v) is 5.39. The first-order valence-corrected chi connectivity index (χ1v) is 3.37. The van der Waals surface area contributed by atoms with E-state index in [1.165, 1.54) is 0 Å². The molecule has 1 heterocycles. The third kappa shape index (κ3) is 0.637. The molecule has 0 spiro atoms. The summed E-state index contributed by atoms with van der Waals surface area (Å²) in [6.07, 6.45) is 0. The van der Waals surface area contributed by atoms with Crippen molar-refractivity contribution in [3.05, 3.63) is 18.2 Å². The number of benzene rings is 1. The maximum Gasteiger partial charge on any atom is 0.196 e. The summed E-state index contributed by atoms with van der Waals surface area (Å²) in [4.78, 5) is 0. The molecule has 0 atom stereocenters. The van der Waals surface area contributed by atoms with Crippen LogP contribution in [-0.2, 0) is 4.57 Å². The highest BCUT2D eigenvalue weighted by Crippen LogP contribution is 2.43. The van der Waals surface area contributed by atoms with Crippen LogP contribution in [0.4, 0.5) is 0 Å². The fourth-order valence-electron chi connectivity index (χ4n) is 0.747. The Balaban J connectivity index is 2.62. The summed E-state index contributed by atoms with van der Waals surface area (Å²) in [7, 11) is 0.0392. The molecule has 0 aromatic heterocycles. The fourth-order valence-corrected chi connectivity index (χ4v) is 1.13. The predicted octanol–water partition coefficient (Wildman–Crippen LogP) is 1.71. The van der Waals surface area contributed by atoms with Crippen LogP contribution < -0.4 is 10.0 Å². The lowest BCUT2D eigenvalue weighted by Gasteiger charge is -1.74. The van der Waals surface area contributed by atoms with Gasteiger partial charge in [-0.2, -0.15) is 0 Å². The van der Waals surface area contributed by atoms with Crippen LogP contribution in [0.25, 0.3) is 0 Å². The second-order valence-electron chi connectivity index (χ2n) is 1.80. The summed E-state index contributed by atoms with van der Waals surface area (Å²) in [6, 6.07) is 5.45. The molecule has 1 aliphatic rings. The number of para-hydroxylation sites is 1. The fraction of sp³-hybridized carbons (Fsp3) is 0. The Hall–Kier alpha value is -0.880. The topological polar surface area (TPSA) is 29.6 Å². The van der Waals surface area contributed by atoms with E-state index in [0.717, 1.165) is 16.8 Å². The van der Waals surface area contributed by atoms with E-state index in [2.05, 4.69) is 0 Å². The van der Waals surface area contributed by atoms with E-state index in [9.17, 15) is 4.57 Å². The van der Waals surface area contributed by atoms with E-state index < -0.39 is 0 Å². The van der Waals surface area contributed by atoms with Gasteiger partial charge in [0.2, 0.25) is 0 Å². The van der Waals surface area contributed by atoms with Crippen LogP contribution >= 0.6 is 8.46 Å². The highest BCUT2D eigenvalue weighted by atomic mass is 31.1. The molecule has 0 fully saturated rings. The maximum atomic E-state index is 10.3. The van der Waals surface area contributed by atoms with Crippen LogP contribution in [0.2, 0.25) is 0 Å².